The first-order valence-electron chi connectivity index (χ1n) is 3.42. The molecule has 0 aliphatic heterocycles. The Hall–Kier alpha value is -1.57. The number of benzene rings is 1. The van der Waals surface area contributed by atoms with Gasteiger partial charge in [-0.15, -0.1) is 0 Å². The van der Waals surface area contributed by atoms with E-state index in [0.29, 0.717) is 11.4 Å². The number of rotatable bonds is 2. The third kappa shape index (κ3) is 3.11. The molecule has 0 saturated heterocycles. The average molecular weight is 196 g/mol. The van der Waals surface area contributed by atoms with Crippen LogP contribution < -0.4 is 4.74 Å². The van der Waals surface area contributed by atoms with E-state index >= 15 is 0 Å². The highest BCUT2D eigenvalue weighted by atomic mass is 35.5. The van der Waals surface area contributed by atoms with Crippen LogP contribution in [0.15, 0.2) is 35.8 Å². The number of nitrogens with zero attached hydrogens (tertiary/aromatic N) is 1. The van der Waals surface area contributed by atoms with Crippen LogP contribution in [0, 0.1) is 0 Å². The maximum atomic E-state index is 10.3. The molecule has 1 aromatic rings. The molecule has 0 amide bonds. The van der Waals surface area contributed by atoms with Crippen LogP contribution in [0.1, 0.15) is 0 Å². The fourth-order valence-electron chi connectivity index (χ4n) is 0.773. The van der Waals surface area contributed by atoms with Crippen molar-refractivity contribution in [2.24, 2.45) is 4.99 Å². The Bertz CT molecular complexity index is 352. The van der Waals surface area contributed by atoms with E-state index in [-0.39, 0.29) is 0 Å². The van der Waals surface area contributed by atoms with Crippen molar-refractivity contribution >= 4 is 28.6 Å². The maximum Gasteiger partial charge on any atom is 0.409 e. The second-order valence-corrected chi connectivity index (χ2v) is 2.41. The van der Waals surface area contributed by atoms with E-state index in [2.05, 4.69) is 22.2 Å². The highest BCUT2D eigenvalue weighted by molar-refractivity contribution is 6.61. The van der Waals surface area contributed by atoms with Crippen molar-refractivity contribution in [3.63, 3.8) is 0 Å². The van der Waals surface area contributed by atoms with E-state index < -0.39 is 5.43 Å². The van der Waals surface area contributed by atoms with Crippen molar-refractivity contribution in [3.8, 4) is 5.75 Å². The lowest BCUT2D eigenvalue weighted by atomic mass is 10.3. The first-order valence-corrected chi connectivity index (χ1v) is 3.80. The highest BCUT2D eigenvalue weighted by Crippen LogP contribution is 2.17. The molecular formula is C9H6ClNO2. The van der Waals surface area contributed by atoms with Gasteiger partial charge in [0, 0.05) is 11.6 Å². The number of ether oxygens (including phenoxy) is 1. The molecule has 0 fully saturated rings. The summed E-state index contributed by atoms with van der Waals surface area (Å²) in [7, 11) is 0. The molecular weight excluding hydrogens is 190 g/mol. The van der Waals surface area contributed by atoms with Gasteiger partial charge in [0.15, 0.2) is 0 Å². The molecule has 4 heteroatoms. The van der Waals surface area contributed by atoms with Gasteiger partial charge in [-0.25, -0.2) is 9.79 Å². The molecule has 0 bridgehead atoms. The Balaban J connectivity index is 2.80. The van der Waals surface area contributed by atoms with Crippen molar-refractivity contribution < 1.29 is 9.53 Å². The van der Waals surface area contributed by atoms with E-state index in [0.717, 1.165) is 0 Å². The molecule has 0 unspecified atom stereocenters. The fourth-order valence-corrected chi connectivity index (χ4v) is 0.862. The van der Waals surface area contributed by atoms with Crippen LogP contribution in [-0.4, -0.2) is 11.3 Å². The van der Waals surface area contributed by atoms with Gasteiger partial charge in [-0.3, -0.25) is 0 Å². The standard InChI is InChI=1S/C9H6ClNO2/c1-2-11-7-3-5-8(6-4-7)13-9(10)12/h3-6H,1H2. The van der Waals surface area contributed by atoms with Gasteiger partial charge in [-0.1, -0.05) is 0 Å². The van der Waals surface area contributed by atoms with E-state index in [9.17, 15) is 4.79 Å². The predicted octanol–water partition coefficient (Wildman–Crippen LogP) is 2.91. The SMILES string of the molecule is C=C=Nc1ccc(OC(=O)Cl)cc1. The summed E-state index contributed by atoms with van der Waals surface area (Å²) in [5, 5.41) is 0. The van der Waals surface area contributed by atoms with Gasteiger partial charge in [0.1, 0.15) is 5.75 Å². The Morgan fingerprint density at radius 2 is 2.08 bits per heavy atom. The number of hydrogen-bond donors (Lipinski definition) is 0. The van der Waals surface area contributed by atoms with Gasteiger partial charge < -0.3 is 4.74 Å². The lowest BCUT2D eigenvalue weighted by Crippen LogP contribution is -1.94. The summed E-state index contributed by atoms with van der Waals surface area (Å²) in [4.78, 5) is 14.1. The van der Waals surface area contributed by atoms with Crippen LogP contribution >= 0.6 is 11.6 Å². The lowest BCUT2D eigenvalue weighted by molar-refractivity contribution is 0.225. The predicted molar refractivity (Wildman–Crippen MR) is 51.0 cm³/mol. The summed E-state index contributed by atoms with van der Waals surface area (Å²) in [6, 6.07) is 6.48. The summed E-state index contributed by atoms with van der Waals surface area (Å²) in [6.45, 7) is 3.33. The van der Waals surface area contributed by atoms with Gasteiger partial charge in [0.2, 0.25) is 0 Å². The summed E-state index contributed by atoms with van der Waals surface area (Å²) >= 11 is 5.01. The minimum atomic E-state index is -0.861. The third-order valence-corrected chi connectivity index (χ3v) is 1.32. The second kappa shape index (κ2) is 4.45. The second-order valence-electron chi connectivity index (χ2n) is 2.10. The molecule has 66 valence electrons. The van der Waals surface area contributed by atoms with E-state index in [1.54, 1.807) is 24.3 Å². The highest BCUT2D eigenvalue weighted by Gasteiger charge is 1.98. The number of carbonyl (C=O) groups excluding carboxylic acids is 1. The molecule has 0 heterocycles. The smallest absolute Gasteiger partial charge is 0.409 e. The molecule has 0 atom stereocenters. The molecule has 1 aromatic carbocycles. The molecule has 0 spiro atoms. The van der Waals surface area contributed by atoms with E-state index in [4.69, 9.17) is 11.6 Å². The Morgan fingerprint density at radius 3 is 2.54 bits per heavy atom. The zero-order chi connectivity index (χ0) is 9.68. The number of halogens is 1. The monoisotopic (exact) mass is 195 g/mol. The van der Waals surface area contributed by atoms with Crippen molar-refractivity contribution in [1.82, 2.24) is 0 Å². The average Bonchev–Trinajstić information content (AvgIpc) is 2.08. The Morgan fingerprint density at radius 1 is 1.46 bits per heavy atom. The van der Waals surface area contributed by atoms with Crippen LogP contribution in [0.3, 0.4) is 0 Å². The minimum Gasteiger partial charge on any atom is -0.415 e. The summed E-state index contributed by atoms with van der Waals surface area (Å²) in [5.41, 5.74) is -0.177. The number of carbonyl (C=O) groups is 1. The van der Waals surface area contributed by atoms with Gasteiger partial charge in [0.25, 0.3) is 0 Å². The zero-order valence-corrected chi connectivity index (χ0v) is 7.41. The summed E-state index contributed by atoms with van der Waals surface area (Å²) in [6.07, 6.45) is 0. The largest absolute Gasteiger partial charge is 0.415 e. The number of hydrogen-bond acceptors (Lipinski definition) is 3. The molecule has 0 aliphatic rings. The first-order chi connectivity index (χ1) is 6.22. The molecule has 0 radical (unpaired) electrons. The van der Waals surface area contributed by atoms with Gasteiger partial charge in [-0.05, 0) is 36.7 Å². The quantitative estimate of drug-likeness (QED) is 0.538. The van der Waals surface area contributed by atoms with Gasteiger partial charge >= 0.3 is 5.43 Å². The number of aliphatic imine (C=N–C) groups is 1. The van der Waals surface area contributed by atoms with Crippen LogP contribution in [-0.2, 0) is 0 Å². The Kier molecular flexibility index (Phi) is 3.26. The third-order valence-electron chi connectivity index (χ3n) is 1.24. The molecule has 3 nitrogen and oxygen atoms in total. The topological polar surface area (TPSA) is 38.7 Å². The molecule has 1 rings (SSSR count). The first kappa shape index (κ1) is 9.52. The van der Waals surface area contributed by atoms with Gasteiger partial charge in [0.05, 0.1) is 5.69 Å². The molecule has 13 heavy (non-hydrogen) atoms. The van der Waals surface area contributed by atoms with Crippen LogP contribution in [0.5, 0.6) is 5.75 Å². The molecule has 0 aromatic heterocycles. The van der Waals surface area contributed by atoms with Crippen LogP contribution in [0.25, 0.3) is 0 Å². The van der Waals surface area contributed by atoms with Crippen molar-refractivity contribution in [3.05, 3.63) is 30.8 Å². The summed E-state index contributed by atoms with van der Waals surface area (Å²) < 4.78 is 4.60. The minimum absolute atomic E-state index is 0.378. The zero-order valence-electron chi connectivity index (χ0n) is 6.66. The molecule has 0 aliphatic carbocycles. The van der Waals surface area contributed by atoms with Crippen molar-refractivity contribution in [1.29, 1.82) is 0 Å². The maximum absolute atomic E-state index is 10.3. The normalized spacial score (nSPS) is 8.69. The molecule has 0 N–H and O–H groups in total. The van der Waals surface area contributed by atoms with Crippen molar-refractivity contribution in [2.75, 3.05) is 0 Å². The van der Waals surface area contributed by atoms with Crippen LogP contribution in [0.2, 0.25) is 0 Å². The van der Waals surface area contributed by atoms with E-state index in [1.807, 2.05) is 0 Å². The van der Waals surface area contributed by atoms with E-state index in [1.165, 1.54) is 0 Å². The van der Waals surface area contributed by atoms with Gasteiger partial charge in [-0.2, -0.15) is 0 Å². The Labute approximate surface area is 80.3 Å². The summed E-state index contributed by atoms with van der Waals surface area (Å²) in [5.74, 6) is 2.76. The molecule has 0 saturated carbocycles. The van der Waals surface area contributed by atoms with Crippen molar-refractivity contribution in [2.45, 2.75) is 0 Å². The van der Waals surface area contributed by atoms with Crippen LogP contribution in [0.4, 0.5) is 10.5 Å². The lowest BCUT2D eigenvalue weighted by Gasteiger charge is -1.98. The fraction of sp³-hybridized carbons (Fsp3) is 0.